The van der Waals surface area contributed by atoms with Crippen molar-refractivity contribution in [3.8, 4) is 0 Å². The zero-order valence-electron chi connectivity index (χ0n) is 14.9. The Morgan fingerprint density at radius 1 is 1.17 bits per heavy atom. The monoisotopic (exact) mass is 339 g/mol. The number of ether oxygens (including phenoxy) is 1. The minimum Gasteiger partial charge on any atom is -0.462 e. The van der Waals surface area contributed by atoms with Gasteiger partial charge in [-0.2, -0.15) is 0 Å². The van der Waals surface area contributed by atoms with Crippen LogP contribution in [-0.2, 0) is 9.53 Å². The maximum atomic E-state index is 11.8. The molecule has 0 radical (unpaired) electrons. The number of nitrogens with zero attached hydrogens (tertiary/aromatic N) is 1. The predicted molar refractivity (Wildman–Crippen MR) is 95.0 cm³/mol. The third kappa shape index (κ3) is 7.07. The molecule has 2 rings (SSSR count). The summed E-state index contributed by atoms with van der Waals surface area (Å²) in [7, 11) is 0. The van der Waals surface area contributed by atoms with Crippen molar-refractivity contribution in [2.75, 3.05) is 13.1 Å². The van der Waals surface area contributed by atoms with E-state index in [2.05, 4.69) is 15.6 Å². The standard InChI is InChI=1S/C18H33N3O3/c1-2-19-18(21-14-9-11-15(22)12-10-14)20-13-5-8-17(23)24-16-6-3-4-7-16/h14-16,22H,2-13H2,1H3,(H2,19,20,21). The number of carbonyl (C=O) groups excluding carboxylic acids is 1. The van der Waals surface area contributed by atoms with Crippen LogP contribution >= 0.6 is 0 Å². The average molecular weight is 339 g/mol. The highest BCUT2D eigenvalue weighted by Gasteiger charge is 2.20. The lowest BCUT2D eigenvalue weighted by Gasteiger charge is -2.27. The number of aliphatic hydroxyl groups excluding tert-OH is 1. The summed E-state index contributed by atoms with van der Waals surface area (Å²) in [6, 6.07) is 0.374. The second kappa shape index (κ2) is 10.5. The Morgan fingerprint density at radius 3 is 2.54 bits per heavy atom. The van der Waals surface area contributed by atoms with Gasteiger partial charge in [-0.05, 0) is 64.7 Å². The zero-order valence-corrected chi connectivity index (χ0v) is 14.9. The number of aliphatic imine (C=N–C) groups is 1. The van der Waals surface area contributed by atoms with Crippen LogP contribution in [0.25, 0.3) is 0 Å². The van der Waals surface area contributed by atoms with E-state index in [0.717, 1.165) is 51.0 Å². The molecular weight excluding hydrogens is 306 g/mol. The molecule has 138 valence electrons. The molecule has 0 bridgehead atoms. The summed E-state index contributed by atoms with van der Waals surface area (Å²) < 4.78 is 5.46. The summed E-state index contributed by atoms with van der Waals surface area (Å²) in [6.45, 7) is 3.47. The first-order chi connectivity index (χ1) is 11.7. The molecule has 24 heavy (non-hydrogen) atoms. The van der Waals surface area contributed by atoms with Crippen LogP contribution in [0.5, 0.6) is 0 Å². The van der Waals surface area contributed by atoms with E-state index in [9.17, 15) is 9.90 Å². The van der Waals surface area contributed by atoms with Gasteiger partial charge in [0.2, 0.25) is 0 Å². The molecule has 6 heteroatoms. The number of hydrogen-bond acceptors (Lipinski definition) is 4. The van der Waals surface area contributed by atoms with Crippen molar-refractivity contribution in [3.63, 3.8) is 0 Å². The molecule has 2 saturated carbocycles. The number of hydrogen-bond donors (Lipinski definition) is 3. The molecule has 0 aromatic carbocycles. The molecule has 2 aliphatic rings. The van der Waals surface area contributed by atoms with Gasteiger partial charge in [0.15, 0.2) is 5.96 Å². The SMILES string of the molecule is CCNC(=NCCCC(=O)OC1CCCC1)NC1CCC(O)CC1. The molecule has 0 heterocycles. The highest BCUT2D eigenvalue weighted by atomic mass is 16.5. The largest absolute Gasteiger partial charge is 0.462 e. The fourth-order valence-corrected chi connectivity index (χ4v) is 3.40. The van der Waals surface area contributed by atoms with E-state index in [1.807, 2.05) is 6.92 Å². The Morgan fingerprint density at radius 2 is 1.88 bits per heavy atom. The highest BCUT2D eigenvalue weighted by molar-refractivity contribution is 5.80. The van der Waals surface area contributed by atoms with Crippen LogP contribution in [0.3, 0.4) is 0 Å². The maximum absolute atomic E-state index is 11.8. The molecule has 0 aromatic rings. The molecule has 0 spiro atoms. The van der Waals surface area contributed by atoms with Gasteiger partial charge in [0.25, 0.3) is 0 Å². The smallest absolute Gasteiger partial charge is 0.306 e. The molecule has 2 aliphatic carbocycles. The van der Waals surface area contributed by atoms with Gasteiger partial charge >= 0.3 is 5.97 Å². The molecule has 3 N–H and O–H groups in total. The van der Waals surface area contributed by atoms with Gasteiger partial charge in [0, 0.05) is 25.6 Å². The Bertz CT molecular complexity index is 400. The Hall–Kier alpha value is -1.30. The van der Waals surface area contributed by atoms with Crippen LogP contribution < -0.4 is 10.6 Å². The van der Waals surface area contributed by atoms with Gasteiger partial charge in [-0.15, -0.1) is 0 Å². The zero-order chi connectivity index (χ0) is 17.2. The van der Waals surface area contributed by atoms with Gasteiger partial charge < -0.3 is 20.5 Å². The summed E-state index contributed by atoms with van der Waals surface area (Å²) in [5.74, 6) is 0.722. The van der Waals surface area contributed by atoms with Crippen molar-refractivity contribution in [3.05, 3.63) is 0 Å². The van der Waals surface area contributed by atoms with E-state index in [1.165, 1.54) is 12.8 Å². The van der Waals surface area contributed by atoms with E-state index >= 15 is 0 Å². The molecule has 0 aliphatic heterocycles. The van der Waals surface area contributed by atoms with Crippen LogP contribution in [0.1, 0.15) is 71.1 Å². The van der Waals surface area contributed by atoms with Crippen molar-refractivity contribution in [1.29, 1.82) is 0 Å². The summed E-state index contributed by atoms with van der Waals surface area (Å²) in [4.78, 5) is 16.3. The van der Waals surface area contributed by atoms with Crippen LogP contribution in [0.15, 0.2) is 4.99 Å². The lowest BCUT2D eigenvalue weighted by atomic mass is 9.93. The third-order valence-electron chi connectivity index (χ3n) is 4.79. The Labute approximate surface area is 145 Å². The van der Waals surface area contributed by atoms with Gasteiger partial charge in [0.1, 0.15) is 6.10 Å². The summed E-state index contributed by atoms with van der Waals surface area (Å²) in [5.41, 5.74) is 0. The minimum atomic E-state index is -0.145. The van der Waals surface area contributed by atoms with Gasteiger partial charge in [-0.25, -0.2) is 0 Å². The lowest BCUT2D eigenvalue weighted by Crippen LogP contribution is -2.45. The molecule has 2 fully saturated rings. The summed E-state index contributed by atoms with van der Waals surface area (Å²) in [5, 5.41) is 16.3. The number of esters is 1. The fraction of sp³-hybridized carbons (Fsp3) is 0.889. The van der Waals surface area contributed by atoms with Crippen LogP contribution in [-0.4, -0.2) is 48.4 Å². The molecule has 0 unspecified atom stereocenters. The first-order valence-corrected chi connectivity index (χ1v) is 9.59. The predicted octanol–water partition coefficient (Wildman–Crippen LogP) is 2.11. The van der Waals surface area contributed by atoms with E-state index in [-0.39, 0.29) is 18.2 Å². The average Bonchev–Trinajstić information content (AvgIpc) is 3.06. The van der Waals surface area contributed by atoms with E-state index in [0.29, 0.717) is 25.4 Å². The molecule has 0 saturated heterocycles. The number of guanidine groups is 1. The quantitative estimate of drug-likeness (QED) is 0.286. The molecule has 0 atom stereocenters. The number of nitrogens with one attached hydrogen (secondary N) is 2. The topological polar surface area (TPSA) is 83.0 Å². The second-order valence-corrected chi connectivity index (χ2v) is 6.91. The number of rotatable bonds is 7. The normalized spacial score (nSPS) is 25.5. The van der Waals surface area contributed by atoms with Crippen molar-refractivity contribution in [2.24, 2.45) is 4.99 Å². The maximum Gasteiger partial charge on any atom is 0.306 e. The third-order valence-corrected chi connectivity index (χ3v) is 4.79. The van der Waals surface area contributed by atoms with E-state index in [4.69, 9.17) is 4.74 Å². The lowest BCUT2D eigenvalue weighted by molar-refractivity contribution is -0.148. The van der Waals surface area contributed by atoms with Crippen molar-refractivity contribution < 1.29 is 14.6 Å². The van der Waals surface area contributed by atoms with Gasteiger partial charge in [-0.3, -0.25) is 9.79 Å². The van der Waals surface area contributed by atoms with E-state index in [1.54, 1.807) is 0 Å². The second-order valence-electron chi connectivity index (χ2n) is 6.91. The van der Waals surface area contributed by atoms with Crippen molar-refractivity contribution in [1.82, 2.24) is 10.6 Å². The van der Waals surface area contributed by atoms with Gasteiger partial charge in [-0.1, -0.05) is 0 Å². The van der Waals surface area contributed by atoms with Crippen molar-refractivity contribution >= 4 is 11.9 Å². The van der Waals surface area contributed by atoms with Crippen LogP contribution in [0.4, 0.5) is 0 Å². The molecule has 0 amide bonds. The number of carbonyl (C=O) groups is 1. The van der Waals surface area contributed by atoms with E-state index < -0.39 is 0 Å². The molecular formula is C18H33N3O3. The summed E-state index contributed by atoms with van der Waals surface area (Å²) in [6.07, 6.45) is 9.21. The Kier molecular flexibility index (Phi) is 8.36. The first-order valence-electron chi connectivity index (χ1n) is 9.59. The van der Waals surface area contributed by atoms with Crippen LogP contribution in [0, 0.1) is 0 Å². The fourth-order valence-electron chi connectivity index (χ4n) is 3.40. The molecule has 0 aromatic heterocycles. The minimum absolute atomic E-state index is 0.0867. The molecule has 6 nitrogen and oxygen atoms in total. The Balaban J connectivity index is 1.65. The van der Waals surface area contributed by atoms with Crippen molar-refractivity contribution in [2.45, 2.75) is 89.4 Å². The highest BCUT2D eigenvalue weighted by Crippen LogP contribution is 2.21. The summed E-state index contributed by atoms with van der Waals surface area (Å²) >= 11 is 0. The number of aliphatic hydroxyl groups is 1. The van der Waals surface area contributed by atoms with Crippen LogP contribution in [0.2, 0.25) is 0 Å². The first kappa shape index (κ1) is 19.0. The van der Waals surface area contributed by atoms with Gasteiger partial charge in [0.05, 0.1) is 6.10 Å².